The summed E-state index contributed by atoms with van der Waals surface area (Å²) >= 11 is 0. The summed E-state index contributed by atoms with van der Waals surface area (Å²) in [6.07, 6.45) is 6.31. The van der Waals surface area contributed by atoms with E-state index in [0.717, 1.165) is 62.3 Å². The topological polar surface area (TPSA) is 99.4 Å². The number of imidazole rings is 1. The molecule has 4 heterocycles. The van der Waals surface area contributed by atoms with Gasteiger partial charge in [0.1, 0.15) is 0 Å². The second-order valence-electron chi connectivity index (χ2n) is 8.23. The van der Waals surface area contributed by atoms with E-state index >= 15 is 0 Å². The molecule has 0 saturated carbocycles. The van der Waals surface area contributed by atoms with Crippen LogP contribution in [-0.2, 0) is 4.79 Å². The molecular formula is C20H31N7O2. The van der Waals surface area contributed by atoms with Gasteiger partial charge in [0.15, 0.2) is 17.0 Å². The number of likely N-dealkylation sites (tertiary alicyclic amines) is 1. The zero-order valence-corrected chi connectivity index (χ0v) is 17.3. The molecule has 2 aliphatic heterocycles. The first-order chi connectivity index (χ1) is 14.1. The van der Waals surface area contributed by atoms with Crippen molar-refractivity contribution in [3.63, 3.8) is 0 Å². The monoisotopic (exact) mass is 401 g/mol. The van der Waals surface area contributed by atoms with Crippen molar-refractivity contribution in [1.29, 1.82) is 0 Å². The number of hydrogen-bond acceptors (Lipinski definition) is 7. The van der Waals surface area contributed by atoms with Gasteiger partial charge in [-0.1, -0.05) is 0 Å². The zero-order chi connectivity index (χ0) is 20.4. The summed E-state index contributed by atoms with van der Waals surface area (Å²) in [6, 6.07) is 0.306. The van der Waals surface area contributed by atoms with E-state index in [-0.39, 0.29) is 24.6 Å². The van der Waals surface area contributed by atoms with Crippen LogP contribution in [-0.4, -0.2) is 74.3 Å². The van der Waals surface area contributed by atoms with Crippen molar-refractivity contribution in [3.05, 3.63) is 6.33 Å². The zero-order valence-electron chi connectivity index (χ0n) is 17.3. The standard InChI is InChI=1S/C20H31N7O2/c1-14(2)27-13-22-17-18(21-8-5-10-25-9-4-7-16(25)29)23-20(24-19(17)27)26-11-3-6-15(26)12-28/h13-15,28H,3-12H2,1-2H3,(H,21,23,24). The highest BCUT2D eigenvalue weighted by Gasteiger charge is 2.28. The quantitative estimate of drug-likeness (QED) is 0.651. The van der Waals surface area contributed by atoms with Crippen LogP contribution in [0.2, 0.25) is 0 Å². The van der Waals surface area contributed by atoms with E-state index in [1.54, 1.807) is 0 Å². The Morgan fingerprint density at radius 2 is 2.14 bits per heavy atom. The number of aromatic nitrogens is 4. The van der Waals surface area contributed by atoms with Gasteiger partial charge in [0.2, 0.25) is 11.9 Å². The number of fused-ring (bicyclic) bond motifs is 1. The van der Waals surface area contributed by atoms with E-state index in [1.165, 1.54) is 0 Å². The van der Waals surface area contributed by atoms with Gasteiger partial charge in [-0.2, -0.15) is 9.97 Å². The van der Waals surface area contributed by atoms with Gasteiger partial charge in [-0.3, -0.25) is 4.79 Å². The van der Waals surface area contributed by atoms with Crippen molar-refractivity contribution in [2.75, 3.05) is 43.0 Å². The van der Waals surface area contributed by atoms with Crippen LogP contribution in [0.5, 0.6) is 0 Å². The van der Waals surface area contributed by atoms with Gasteiger partial charge >= 0.3 is 0 Å². The van der Waals surface area contributed by atoms with Crippen LogP contribution in [0, 0.1) is 0 Å². The van der Waals surface area contributed by atoms with Crippen molar-refractivity contribution in [1.82, 2.24) is 24.4 Å². The van der Waals surface area contributed by atoms with Gasteiger partial charge in [-0.25, -0.2) is 4.98 Å². The van der Waals surface area contributed by atoms with Gasteiger partial charge in [-0.05, 0) is 39.5 Å². The minimum absolute atomic E-state index is 0.0666. The molecule has 158 valence electrons. The number of rotatable bonds is 8. The highest BCUT2D eigenvalue weighted by atomic mass is 16.3. The molecule has 1 atom stereocenters. The Labute approximate surface area is 171 Å². The summed E-state index contributed by atoms with van der Waals surface area (Å²) in [5, 5.41) is 13.1. The maximum atomic E-state index is 11.8. The number of nitrogens with zero attached hydrogens (tertiary/aromatic N) is 6. The molecule has 29 heavy (non-hydrogen) atoms. The molecule has 1 unspecified atom stereocenters. The number of hydrogen-bond donors (Lipinski definition) is 2. The fourth-order valence-electron chi connectivity index (χ4n) is 4.24. The first-order valence-corrected chi connectivity index (χ1v) is 10.7. The molecule has 0 aliphatic carbocycles. The summed E-state index contributed by atoms with van der Waals surface area (Å²) in [5.74, 6) is 1.63. The third kappa shape index (κ3) is 4.01. The predicted molar refractivity (Wildman–Crippen MR) is 112 cm³/mol. The van der Waals surface area contributed by atoms with Crippen LogP contribution < -0.4 is 10.2 Å². The van der Waals surface area contributed by atoms with Crippen LogP contribution in [0.25, 0.3) is 11.2 Å². The summed E-state index contributed by atoms with van der Waals surface area (Å²) in [6.45, 7) is 7.53. The number of aliphatic hydroxyl groups is 1. The van der Waals surface area contributed by atoms with E-state index in [1.807, 2.05) is 11.2 Å². The van der Waals surface area contributed by atoms with Crippen LogP contribution in [0.3, 0.4) is 0 Å². The molecule has 2 fully saturated rings. The molecule has 2 N–H and O–H groups in total. The number of carbonyl (C=O) groups is 1. The van der Waals surface area contributed by atoms with E-state index < -0.39 is 0 Å². The lowest BCUT2D eigenvalue weighted by molar-refractivity contribution is -0.127. The molecule has 2 aromatic heterocycles. The van der Waals surface area contributed by atoms with Gasteiger partial charge in [0.05, 0.1) is 19.0 Å². The van der Waals surface area contributed by atoms with E-state index in [4.69, 9.17) is 9.97 Å². The molecule has 0 radical (unpaired) electrons. The highest BCUT2D eigenvalue weighted by molar-refractivity contribution is 5.84. The van der Waals surface area contributed by atoms with Gasteiger partial charge in [-0.15, -0.1) is 0 Å². The number of aliphatic hydroxyl groups excluding tert-OH is 1. The van der Waals surface area contributed by atoms with Crippen LogP contribution in [0.4, 0.5) is 11.8 Å². The molecule has 4 rings (SSSR count). The van der Waals surface area contributed by atoms with Gasteiger partial charge in [0, 0.05) is 38.6 Å². The summed E-state index contributed by atoms with van der Waals surface area (Å²) in [7, 11) is 0. The first kappa shape index (κ1) is 19.9. The summed E-state index contributed by atoms with van der Waals surface area (Å²) in [4.78, 5) is 30.0. The number of nitrogens with one attached hydrogen (secondary N) is 1. The van der Waals surface area contributed by atoms with E-state index in [2.05, 4.69) is 33.6 Å². The van der Waals surface area contributed by atoms with Crippen molar-refractivity contribution >= 4 is 28.8 Å². The minimum Gasteiger partial charge on any atom is -0.394 e. The van der Waals surface area contributed by atoms with Crippen LogP contribution in [0.15, 0.2) is 6.33 Å². The van der Waals surface area contributed by atoms with Crippen LogP contribution in [0.1, 0.15) is 52.0 Å². The van der Waals surface area contributed by atoms with Gasteiger partial charge in [0.25, 0.3) is 0 Å². The Kier molecular flexibility index (Phi) is 5.84. The highest BCUT2D eigenvalue weighted by Crippen LogP contribution is 2.28. The maximum absolute atomic E-state index is 11.8. The third-order valence-electron chi connectivity index (χ3n) is 5.88. The largest absolute Gasteiger partial charge is 0.394 e. The average Bonchev–Trinajstić information content (AvgIpc) is 3.44. The van der Waals surface area contributed by atoms with Gasteiger partial charge < -0.3 is 24.8 Å². The van der Waals surface area contributed by atoms with E-state index in [9.17, 15) is 9.90 Å². The molecule has 0 bridgehead atoms. The number of carbonyl (C=O) groups excluding carboxylic acids is 1. The van der Waals surface area contributed by atoms with E-state index in [0.29, 0.717) is 18.9 Å². The molecule has 0 aromatic carbocycles. The van der Waals surface area contributed by atoms with Crippen LogP contribution >= 0.6 is 0 Å². The normalized spacial score (nSPS) is 19.9. The molecule has 2 saturated heterocycles. The molecule has 2 aromatic rings. The van der Waals surface area contributed by atoms with Crippen molar-refractivity contribution in [2.24, 2.45) is 0 Å². The fraction of sp³-hybridized carbons (Fsp3) is 0.700. The summed E-state index contributed by atoms with van der Waals surface area (Å²) in [5.41, 5.74) is 1.57. The summed E-state index contributed by atoms with van der Waals surface area (Å²) < 4.78 is 2.05. The molecular weight excluding hydrogens is 370 g/mol. The lowest BCUT2D eigenvalue weighted by atomic mass is 10.2. The fourth-order valence-corrected chi connectivity index (χ4v) is 4.24. The SMILES string of the molecule is CC(C)n1cnc2c(NCCCN3CCCC3=O)nc(N3CCCC3CO)nc21. The lowest BCUT2D eigenvalue weighted by Crippen LogP contribution is -2.33. The Balaban J connectivity index is 1.55. The van der Waals surface area contributed by atoms with Crippen molar-refractivity contribution in [3.8, 4) is 0 Å². The second-order valence-corrected chi connectivity index (χ2v) is 8.23. The van der Waals surface area contributed by atoms with Crippen molar-refractivity contribution in [2.45, 2.75) is 58.0 Å². The molecule has 9 heteroatoms. The Morgan fingerprint density at radius 3 is 2.86 bits per heavy atom. The Hall–Kier alpha value is -2.42. The number of amides is 1. The third-order valence-corrected chi connectivity index (χ3v) is 5.88. The smallest absolute Gasteiger partial charge is 0.229 e. The maximum Gasteiger partial charge on any atom is 0.229 e. The molecule has 2 aliphatic rings. The molecule has 9 nitrogen and oxygen atoms in total. The number of anilines is 2. The minimum atomic E-state index is 0.0666. The Bertz CT molecular complexity index is 866. The second kappa shape index (κ2) is 8.52. The Morgan fingerprint density at radius 1 is 1.28 bits per heavy atom. The predicted octanol–water partition coefficient (Wildman–Crippen LogP) is 1.79. The van der Waals surface area contributed by atoms with Crippen molar-refractivity contribution < 1.29 is 9.90 Å². The first-order valence-electron chi connectivity index (χ1n) is 10.7. The lowest BCUT2D eigenvalue weighted by Gasteiger charge is -2.24. The molecule has 1 amide bonds. The average molecular weight is 402 g/mol. The molecule has 0 spiro atoms.